The molecule has 8 aromatic rings. The summed E-state index contributed by atoms with van der Waals surface area (Å²) in [5, 5.41) is 4.48. The molecule has 0 bridgehead atoms. The van der Waals surface area contributed by atoms with Gasteiger partial charge in [-0.3, -0.25) is 0 Å². The third kappa shape index (κ3) is 4.74. The summed E-state index contributed by atoms with van der Waals surface area (Å²) in [6, 6.07) is 46.0. The molecule has 2 heterocycles. The Bertz CT molecular complexity index is 2450. The molecule has 0 spiro atoms. The molecule has 0 saturated carbocycles. The van der Waals surface area contributed by atoms with Crippen LogP contribution in [0.3, 0.4) is 0 Å². The number of furan rings is 1. The van der Waals surface area contributed by atoms with Gasteiger partial charge in [0.2, 0.25) is 0 Å². The lowest BCUT2D eigenvalue weighted by atomic mass is 9.89. The molecule has 1 aliphatic carbocycles. The van der Waals surface area contributed by atoms with Crippen molar-refractivity contribution in [2.24, 2.45) is 0 Å². The van der Waals surface area contributed by atoms with Crippen LogP contribution in [0.15, 0.2) is 156 Å². The summed E-state index contributed by atoms with van der Waals surface area (Å²) in [7, 11) is 0. The van der Waals surface area contributed by atoms with Gasteiger partial charge in [-0.1, -0.05) is 140 Å². The molecule has 222 valence electrons. The molecular weight excluding hydrogens is 574 g/mol. The van der Waals surface area contributed by atoms with Crippen molar-refractivity contribution in [2.75, 3.05) is 0 Å². The van der Waals surface area contributed by atoms with Gasteiger partial charge in [-0.05, 0) is 52.4 Å². The van der Waals surface area contributed by atoms with Crippen LogP contribution < -0.4 is 0 Å². The fourth-order valence-electron chi connectivity index (χ4n) is 6.79. The van der Waals surface area contributed by atoms with Gasteiger partial charge in [-0.25, -0.2) is 15.0 Å². The van der Waals surface area contributed by atoms with E-state index in [1.807, 2.05) is 66.7 Å². The fraction of sp³-hybridized carbons (Fsp3) is 0.0465. The maximum absolute atomic E-state index is 6.62. The maximum atomic E-state index is 6.62. The van der Waals surface area contributed by atoms with E-state index in [2.05, 4.69) is 85.0 Å². The molecule has 6 aromatic carbocycles. The van der Waals surface area contributed by atoms with E-state index < -0.39 is 0 Å². The lowest BCUT2D eigenvalue weighted by Gasteiger charge is -2.15. The molecule has 0 saturated heterocycles. The van der Waals surface area contributed by atoms with E-state index in [0.29, 0.717) is 17.5 Å². The highest BCUT2D eigenvalue weighted by Crippen LogP contribution is 2.44. The minimum absolute atomic E-state index is 0.645. The van der Waals surface area contributed by atoms with Gasteiger partial charge in [0.1, 0.15) is 11.2 Å². The first-order chi connectivity index (χ1) is 23.3. The van der Waals surface area contributed by atoms with E-state index in [4.69, 9.17) is 19.4 Å². The third-order valence-electron chi connectivity index (χ3n) is 9.04. The number of allylic oxidation sites excluding steroid dienone is 4. The summed E-state index contributed by atoms with van der Waals surface area (Å²) in [6.07, 6.45) is 8.63. The van der Waals surface area contributed by atoms with Gasteiger partial charge in [0.15, 0.2) is 17.5 Å². The molecule has 47 heavy (non-hydrogen) atoms. The zero-order valence-corrected chi connectivity index (χ0v) is 25.6. The van der Waals surface area contributed by atoms with Gasteiger partial charge in [0.05, 0.1) is 0 Å². The van der Waals surface area contributed by atoms with Crippen molar-refractivity contribution >= 4 is 38.3 Å². The lowest BCUT2D eigenvalue weighted by Crippen LogP contribution is -2.00. The van der Waals surface area contributed by atoms with Crippen LogP contribution in [0, 0.1) is 0 Å². The van der Waals surface area contributed by atoms with Crippen LogP contribution >= 0.6 is 0 Å². The van der Waals surface area contributed by atoms with Crippen molar-refractivity contribution in [2.45, 2.75) is 12.8 Å². The van der Waals surface area contributed by atoms with Gasteiger partial charge >= 0.3 is 0 Å². The molecule has 1 aliphatic rings. The van der Waals surface area contributed by atoms with Crippen LogP contribution in [-0.4, -0.2) is 15.0 Å². The molecule has 0 unspecified atom stereocenters. The molecule has 0 atom stereocenters. The average molecular weight is 604 g/mol. The highest BCUT2D eigenvalue weighted by atomic mass is 16.3. The van der Waals surface area contributed by atoms with E-state index in [1.165, 1.54) is 5.57 Å². The Morgan fingerprint density at radius 1 is 0.468 bits per heavy atom. The predicted molar refractivity (Wildman–Crippen MR) is 193 cm³/mol. The summed E-state index contributed by atoms with van der Waals surface area (Å²) in [6.45, 7) is 0. The zero-order chi connectivity index (χ0) is 31.2. The molecule has 9 rings (SSSR count). The average Bonchev–Trinajstić information content (AvgIpc) is 3.55. The summed E-state index contributed by atoms with van der Waals surface area (Å²) >= 11 is 0. The Balaban J connectivity index is 1.28. The molecule has 0 fully saturated rings. The molecule has 0 aliphatic heterocycles. The minimum atomic E-state index is 0.645. The Morgan fingerprint density at radius 2 is 1.02 bits per heavy atom. The number of para-hydroxylation sites is 1. The molecule has 0 N–H and O–H groups in total. The van der Waals surface area contributed by atoms with Crippen molar-refractivity contribution in [3.8, 4) is 45.3 Å². The second kappa shape index (κ2) is 11.3. The predicted octanol–water partition coefficient (Wildman–Crippen LogP) is 11.3. The number of benzene rings is 6. The van der Waals surface area contributed by atoms with E-state index in [0.717, 1.165) is 78.9 Å². The summed E-state index contributed by atoms with van der Waals surface area (Å²) in [5.41, 5.74) is 9.47. The molecular formula is C43H29N3O. The summed E-state index contributed by atoms with van der Waals surface area (Å²) in [4.78, 5) is 15.0. The molecule has 4 heteroatoms. The first kappa shape index (κ1) is 27.2. The van der Waals surface area contributed by atoms with Crippen LogP contribution in [0.2, 0.25) is 0 Å². The van der Waals surface area contributed by atoms with Crippen LogP contribution in [0.25, 0.3) is 83.6 Å². The van der Waals surface area contributed by atoms with Crippen molar-refractivity contribution in [1.82, 2.24) is 15.0 Å². The highest BCUT2D eigenvalue weighted by Gasteiger charge is 2.21. The zero-order valence-electron chi connectivity index (χ0n) is 25.6. The van der Waals surface area contributed by atoms with Crippen molar-refractivity contribution < 1.29 is 4.42 Å². The first-order valence-corrected chi connectivity index (χ1v) is 16.0. The van der Waals surface area contributed by atoms with Crippen LogP contribution in [0.1, 0.15) is 18.4 Å². The molecule has 4 nitrogen and oxygen atoms in total. The van der Waals surface area contributed by atoms with Crippen LogP contribution in [-0.2, 0) is 0 Å². The van der Waals surface area contributed by atoms with Gasteiger partial charge in [0.25, 0.3) is 0 Å². The largest absolute Gasteiger partial charge is 0.455 e. The van der Waals surface area contributed by atoms with E-state index in [9.17, 15) is 0 Å². The number of hydrogen-bond acceptors (Lipinski definition) is 4. The fourth-order valence-corrected chi connectivity index (χ4v) is 6.79. The summed E-state index contributed by atoms with van der Waals surface area (Å²) < 4.78 is 6.62. The quantitative estimate of drug-likeness (QED) is 0.196. The number of fused-ring (bicyclic) bond motifs is 4. The number of aromatic nitrogens is 3. The molecule has 2 aromatic heterocycles. The standard InChI is InChI=1S/C43H29N3O/c1-4-14-28(15-5-1)31-24-26-35(39-37-22-12-13-23-38(37)47-40(31)39)34-25-27-36(33-21-11-10-20-32(33)34)43-45-41(29-16-6-2-7-17-29)44-42(46-43)30-18-8-3-9-19-30/h1-4,6-14,16-27H,5,15H2. The van der Waals surface area contributed by atoms with Crippen LogP contribution in [0.4, 0.5) is 0 Å². The number of hydrogen-bond donors (Lipinski definition) is 0. The topological polar surface area (TPSA) is 51.8 Å². The maximum Gasteiger partial charge on any atom is 0.164 e. The number of nitrogens with zero attached hydrogens (tertiary/aromatic N) is 3. The van der Waals surface area contributed by atoms with E-state index in [-0.39, 0.29) is 0 Å². The highest BCUT2D eigenvalue weighted by molar-refractivity contribution is 6.18. The number of rotatable bonds is 5. The Kier molecular flexibility index (Phi) is 6.57. The van der Waals surface area contributed by atoms with Gasteiger partial charge in [-0.2, -0.15) is 0 Å². The second-order valence-corrected chi connectivity index (χ2v) is 11.9. The lowest BCUT2D eigenvalue weighted by molar-refractivity contribution is 0.667. The van der Waals surface area contributed by atoms with E-state index in [1.54, 1.807) is 0 Å². The van der Waals surface area contributed by atoms with E-state index >= 15 is 0 Å². The minimum Gasteiger partial charge on any atom is -0.455 e. The summed E-state index contributed by atoms with van der Waals surface area (Å²) in [5.74, 6) is 1.94. The molecule has 0 amide bonds. The van der Waals surface area contributed by atoms with Crippen molar-refractivity contribution in [3.63, 3.8) is 0 Å². The Hall–Kier alpha value is -6.13. The Morgan fingerprint density at radius 3 is 1.70 bits per heavy atom. The third-order valence-corrected chi connectivity index (χ3v) is 9.04. The smallest absolute Gasteiger partial charge is 0.164 e. The van der Waals surface area contributed by atoms with Crippen molar-refractivity contribution in [3.05, 3.63) is 157 Å². The monoisotopic (exact) mass is 603 g/mol. The molecule has 0 radical (unpaired) electrons. The van der Waals surface area contributed by atoms with Crippen molar-refractivity contribution in [1.29, 1.82) is 0 Å². The van der Waals surface area contributed by atoms with Gasteiger partial charge in [-0.15, -0.1) is 0 Å². The van der Waals surface area contributed by atoms with Gasteiger partial charge in [0, 0.05) is 33.0 Å². The SMILES string of the molecule is C1=CCCC(c2ccc(-c3ccc(-c4nc(-c5ccccc5)nc(-c5ccccc5)n4)c4ccccc34)c3c2oc2ccccc23)=C1. The Labute approximate surface area is 272 Å². The van der Waals surface area contributed by atoms with Crippen LogP contribution in [0.5, 0.6) is 0 Å². The normalized spacial score (nSPS) is 13.0. The second-order valence-electron chi connectivity index (χ2n) is 11.9. The van der Waals surface area contributed by atoms with Gasteiger partial charge < -0.3 is 4.42 Å². The first-order valence-electron chi connectivity index (χ1n) is 16.0.